The minimum atomic E-state index is -4.33. The van der Waals surface area contributed by atoms with Crippen LogP contribution in [0.15, 0.2) is 46.9 Å². The van der Waals surface area contributed by atoms with Crippen LogP contribution in [-0.2, 0) is 17.5 Å². The number of ether oxygens (including phenoxy) is 1. The Bertz CT molecular complexity index is 699. The lowest BCUT2D eigenvalue weighted by Crippen LogP contribution is -2.06. The minimum Gasteiger partial charge on any atom is -0.465 e. The Morgan fingerprint density at radius 2 is 1.83 bits per heavy atom. The monoisotopic (exact) mass is 387 g/mol. The second kappa shape index (κ2) is 7.04. The van der Waals surface area contributed by atoms with Gasteiger partial charge in [-0.3, -0.25) is 0 Å². The van der Waals surface area contributed by atoms with E-state index in [9.17, 15) is 18.0 Å². The quantitative estimate of drug-likeness (QED) is 0.760. The van der Waals surface area contributed by atoms with E-state index in [-0.39, 0.29) is 0 Å². The largest absolute Gasteiger partial charge is 0.465 e. The van der Waals surface area contributed by atoms with Gasteiger partial charge in [0.05, 0.1) is 18.2 Å². The number of halogens is 4. The number of hydrogen-bond acceptors (Lipinski definition) is 3. The fourth-order valence-corrected chi connectivity index (χ4v) is 2.43. The Labute approximate surface area is 139 Å². The van der Waals surface area contributed by atoms with E-state index in [1.807, 2.05) is 0 Å². The average molecular weight is 388 g/mol. The lowest BCUT2D eigenvalue weighted by molar-refractivity contribution is -0.137. The molecule has 0 amide bonds. The molecule has 1 N–H and O–H groups in total. The predicted molar refractivity (Wildman–Crippen MR) is 84.3 cm³/mol. The van der Waals surface area contributed by atoms with Gasteiger partial charge in [-0.2, -0.15) is 13.2 Å². The van der Waals surface area contributed by atoms with Crippen molar-refractivity contribution < 1.29 is 22.7 Å². The number of esters is 1. The fourth-order valence-electron chi connectivity index (χ4n) is 1.91. The second-order valence-electron chi connectivity index (χ2n) is 4.73. The molecule has 0 saturated heterocycles. The van der Waals surface area contributed by atoms with Crippen LogP contribution >= 0.6 is 15.9 Å². The molecule has 0 aromatic heterocycles. The molecule has 0 spiro atoms. The normalized spacial score (nSPS) is 11.2. The third-order valence-corrected chi connectivity index (χ3v) is 3.81. The van der Waals surface area contributed by atoms with Crippen molar-refractivity contribution in [1.82, 2.24) is 0 Å². The average Bonchev–Trinajstić information content (AvgIpc) is 2.52. The highest BCUT2D eigenvalue weighted by Gasteiger charge is 2.29. The molecule has 0 bridgehead atoms. The molecule has 23 heavy (non-hydrogen) atoms. The van der Waals surface area contributed by atoms with Gasteiger partial charge in [0.25, 0.3) is 0 Å². The van der Waals surface area contributed by atoms with Crippen LogP contribution in [-0.4, -0.2) is 13.1 Å². The lowest BCUT2D eigenvalue weighted by atomic mass is 10.1. The van der Waals surface area contributed by atoms with Gasteiger partial charge in [0.15, 0.2) is 0 Å². The van der Waals surface area contributed by atoms with Gasteiger partial charge < -0.3 is 10.1 Å². The second-order valence-corrected chi connectivity index (χ2v) is 5.59. The van der Waals surface area contributed by atoms with E-state index in [2.05, 4.69) is 26.0 Å². The first kappa shape index (κ1) is 17.3. The number of rotatable bonds is 4. The van der Waals surface area contributed by atoms with Crippen LogP contribution in [0.2, 0.25) is 0 Å². The van der Waals surface area contributed by atoms with Crippen molar-refractivity contribution >= 4 is 27.6 Å². The Morgan fingerprint density at radius 1 is 1.17 bits per heavy atom. The molecule has 2 aromatic carbocycles. The molecule has 2 rings (SSSR count). The Hall–Kier alpha value is -2.02. The Balaban J connectivity index is 2.05. The standard InChI is InChI=1S/C16H13BrF3NO2/c1-23-15(22)11-4-7-14(13(17)8-11)21-9-10-2-5-12(6-3-10)16(18,19)20/h2-8,21H,9H2,1H3. The molecule has 3 nitrogen and oxygen atoms in total. The smallest absolute Gasteiger partial charge is 0.416 e. The summed E-state index contributed by atoms with van der Waals surface area (Å²) in [6.45, 7) is 0.355. The van der Waals surface area contributed by atoms with Crippen molar-refractivity contribution in [2.24, 2.45) is 0 Å². The van der Waals surface area contributed by atoms with Crippen LogP contribution in [0.1, 0.15) is 21.5 Å². The summed E-state index contributed by atoms with van der Waals surface area (Å²) in [5, 5.41) is 3.09. The first-order valence-electron chi connectivity index (χ1n) is 6.59. The number of hydrogen-bond donors (Lipinski definition) is 1. The summed E-state index contributed by atoms with van der Waals surface area (Å²) in [5.41, 5.74) is 1.16. The van der Waals surface area contributed by atoms with E-state index < -0.39 is 17.7 Å². The molecule has 0 aliphatic carbocycles. The summed E-state index contributed by atoms with van der Waals surface area (Å²) < 4.78 is 42.8. The first-order valence-corrected chi connectivity index (χ1v) is 7.38. The molecular weight excluding hydrogens is 375 g/mol. The zero-order chi connectivity index (χ0) is 17.0. The molecule has 0 aliphatic heterocycles. The predicted octanol–water partition coefficient (Wildman–Crippen LogP) is 4.87. The number of anilines is 1. The number of methoxy groups -OCH3 is 1. The summed E-state index contributed by atoms with van der Waals surface area (Å²) in [4.78, 5) is 11.4. The van der Waals surface area contributed by atoms with Gasteiger partial charge in [0.1, 0.15) is 0 Å². The van der Waals surface area contributed by atoms with Crippen molar-refractivity contribution in [1.29, 1.82) is 0 Å². The van der Waals surface area contributed by atoms with Gasteiger partial charge in [-0.05, 0) is 51.8 Å². The summed E-state index contributed by atoms with van der Waals surface area (Å²) in [6.07, 6.45) is -4.33. The maximum atomic E-state index is 12.5. The summed E-state index contributed by atoms with van der Waals surface area (Å²) in [5.74, 6) is -0.444. The van der Waals surface area contributed by atoms with Gasteiger partial charge in [0, 0.05) is 16.7 Å². The van der Waals surface area contributed by atoms with Gasteiger partial charge in [-0.1, -0.05) is 12.1 Å². The molecule has 0 fully saturated rings. The Morgan fingerprint density at radius 3 is 2.35 bits per heavy atom. The van der Waals surface area contributed by atoms with Gasteiger partial charge in [-0.25, -0.2) is 4.79 Å². The molecule has 0 unspecified atom stereocenters. The number of alkyl halides is 3. The highest BCUT2D eigenvalue weighted by atomic mass is 79.9. The van der Waals surface area contributed by atoms with E-state index in [0.29, 0.717) is 22.1 Å². The van der Waals surface area contributed by atoms with Crippen molar-refractivity contribution in [3.05, 3.63) is 63.6 Å². The van der Waals surface area contributed by atoms with E-state index in [4.69, 9.17) is 0 Å². The molecule has 0 heterocycles. The summed E-state index contributed by atoms with van der Waals surface area (Å²) >= 11 is 3.34. The molecule has 0 aliphatic rings. The molecule has 0 saturated carbocycles. The van der Waals surface area contributed by atoms with E-state index in [0.717, 1.165) is 17.8 Å². The van der Waals surface area contributed by atoms with Crippen molar-refractivity contribution in [3.63, 3.8) is 0 Å². The minimum absolute atomic E-state index is 0.355. The van der Waals surface area contributed by atoms with Crippen LogP contribution in [0.4, 0.5) is 18.9 Å². The summed E-state index contributed by atoms with van der Waals surface area (Å²) in [6, 6.07) is 9.85. The van der Waals surface area contributed by atoms with E-state index in [1.54, 1.807) is 18.2 Å². The molecule has 122 valence electrons. The zero-order valence-corrected chi connectivity index (χ0v) is 13.7. The molecule has 7 heteroatoms. The number of carbonyl (C=O) groups excluding carboxylic acids is 1. The number of benzene rings is 2. The highest BCUT2D eigenvalue weighted by Crippen LogP contribution is 2.29. The van der Waals surface area contributed by atoms with Crippen LogP contribution < -0.4 is 5.32 Å². The van der Waals surface area contributed by atoms with Crippen LogP contribution in [0.3, 0.4) is 0 Å². The fraction of sp³-hybridized carbons (Fsp3) is 0.188. The first-order chi connectivity index (χ1) is 10.8. The number of carbonyl (C=O) groups is 1. The van der Waals surface area contributed by atoms with Gasteiger partial charge in [-0.15, -0.1) is 0 Å². The van der Waals surface area contributed by atoms with E-state index >= 15 is 0 Å². The third-order valence-electron chi connectivity index (χ3n) is 3.15. The Kier molecular flexibility index (Phi) is 5.30. The molecule has 0 radical (unpaired) electrons. The van der Waals surface area contributed by atoms with Crippen molar-refractivity contribution in [2.75, 3.05) is 12.4 Å². The maximum Gasteiger partial charge on any atom is 0.416 e. The van der Waals surface area contributed by atoms with E-state index in [1.165, 1.54) is 19.2 Å². The van der Waals surface area contributed by atoms with Crippen molar-refractivity contribution in [2.45, 2.75) is 12.7 Å². The SMILES string of the molecule is COC(=O)c1ccc(NCc2ccc(C(F)(F)F)cc2)c(Br)c1. The van der Waals surface area contributed by atoms with Gasteiger partial charge in [0.2, 0.25) is 0 Å². The molecular formula is C16H13BrF3NO2. The van der Waals surface area contributed by atoms with Crippen LogP contribution in [0.25, 0.3) is 0 Å². The van der Waals surface area contributed by atoms with Crippen LogP contribution in [0, 0.1) is 0 Å². The molecule has 0 atom stereocenters. The molecule has 2 aromatic rings. The number of nitrogens with one attached hydrogen (secondary N) is 1. The van der Waals surface area contributed by atoms with Gasteiger partial charge >= 0.3 is 12.1 Å². The van der Waals surface area contributed by atoms with Crippen LogP contribution in [0.5, 0.6) is 0 Å². The third kappa shape index (κ3) is 4.48. The zero-order valence-electron chi connectivity index (χ0n) is 12.1. The maximum absolute atomic E-state index is 12.5. The summed E-state index contributed by atoms with van der Waals surface area (Å²) in [7, 11) is 1.30. The van der Waals surface area contributed by atoms with Crippen molar-refractivity contribution in [3.8, 4) is 0 Å². The highest BCUT2D eigenvalue weighted by molar-refractivity contribution is 9.10. The lowest BCUT2D eigenvalue weighted by Gasteiger charge is -2.11. The topological polar surface area (TPSA) is 38.3 Å².